The van der Waals surface area contributed by atoms with Gasteiger partial charge in [0.2, 0.25) is 5.88 Å². The van der Waals surface area contributed by atoms with Crippen LogP contribution in [0.3, 0.4) is 0 Å². The van der Waals surface area contributed by atoms with Gasteiger partial charge in [0.1, 0.15) is 6.17 Å². The second-order valence-electron chi connectivity index (χ2n) is 3.58. The summed E-state index contributed by atoms with van der Waals surface area (Å²) in [4.78, 5) is 0. The van der Waals surface area contributed by atoms with Gasteiger partial charge in [-0.2, -0.15) is 0 Å². The van der Waals surface area contributed by atoms with Crippen molar-refractivity contribution in [2.75, 3.05) is 5.73 Å². The predicted octanol–water partition coefficient (Wildman–Crippen LogP) is 3.23. The third-order valence-corrected chi connectivity index (χ3v) is 2.40. The summed E-state index contributed by atoms with van der Waals surface area (Å²) in [6.45, 7) is 1.23. The quantitative estimate of drug-likeness (QED) is 0.879. The lowest BCUT2D eigenvalue weighted by Gasteiger charge is -2.07. The molecule has 6 heteroatoms. The maximum absolute atomic E-state index is 13.6. The smallest absolute Gasteiger partial charge is 0.230 e. The minimum Gasteiger partial charge on any atom is -0.367 e. The van der Waals surface area contributed by atoms with Gasteiger partial charge in [0.15, 0.2) is 11.6 Å². The van der Waals surface area contributed by atoms with E-state index in [9.17, 15) is 13.2 Å². The van der Waals surface area contributed by atoms with E-state index in [0.717, 1.165) is 12.3 Å². The van der Waals surface area contributed by atoms with Crippen molar-refractivity contribution in [2.24, 2.45) is 0 Å². The molecule has 0 aliphatic heterocycles. The summed E-state index contributed by atoms with van der Waals surface area (Å²) >= 11 is 0. The summed E-state index contributed by atoms with van der Waals surface area (Å²) in [5, 5.41) is 3.36. The summed E-state index contributed by atoms with van der Waals surface area (Å²) in [5.41, 5.74) is 5.37. The maximum atomic E-state index is 13.6. The molecule has 1 unspecified atom stereocenters. The van der Waals surface area contributed by atoms with Crippen LogP contribution in [0.2, 0.25) is 0 Å². The highest BCUT2D eigenvalue weighted by Gasteiger charge is 2.18. The summed E-state index contributed by atoms with van der Waals surface area (Å²) in [5.74, 6) is -2.39. The minimum atomic E-state index is -1.41. The van der Waals surface area contributed by atoms with E-state index < -0.39 is 17.8 Å². The third-order valence-electron chi connectivity index (χ3n) is 2.40. The number of nitrogens with zero attached hydrogens (tertiary/aromatic N) is 1. The first kappa shape index (κ1) is 11.5. The summed E-state index contributed by atoms with van der Waals surface area (Å²) in [6, 6.07) is 2.00. The fraction of sp³-hybridized carbons (Fsp3) is 0.182. The molecule has 0 aliphatic rings. The van der Waals surface area contributed by atoms with Gasteiger partial charge in [0.25, 0.3) is 0 Å². The van der Waals surface area contributed by atoms with Crippen LogP contribution in [0, 0.1) is 11.6 Å². The lowest BCUT2D eigenvalue weighted by Crippen LogP contribution is -1.96. The molecule has 0 saturated carbocycles. The van der Waals surface area contributed by atoms with Gasteiger partial charge in [0.05, 0.1) is 11.8 Å². The predicted molar refractivity (Wildman–Crippen MR) is 55.8 cm³/mol. The van der Waals surface area contributed by atoms with Gasteiger partial charge in [-0.15, -0.1) is 0 Å². The molecule has 2 aromatic rings. The number of rotatable bonds is 2. The molecular weight excluding hydrogens is 233 g/mol. The first-order valence-electron chi connectivity index (χ1n) is 4.84. The average Bonchev–Trinajstić information content (AvgIpc) is 2.68. The summed E-state index contributed by atoms with van der Waals surface area (Å²) in [6.07, 6.45) is -0.259. The zero-order valence-corrected chi connectivity index (χ0v) is 8.88. The highest BCUT2D eigenvalue weighted by Crippen LogP contribution is 2.32. The van der Waals surface area contributed by atoms with Crippen LogP contribution in [0.1, 0.15) is 18.7 Å². The summed E-state index contributed by atoms with van der Waals surface area (Å²) in [7, 11) is 0. The number of nitrogen functional groups attached to an aromatic ring is 1. The number of alkyl halides is 1. The van der Waals surface area contributed by atoms with E-state index >= 15 is 0 Å². The van der Waals surface area contributed by atoms with Crippen molar-refractivity contribution in [3.63, 3.8) is 0 Å². The van der Waals surface area contributed by atoms with Gasteiger partial charge < -0.3 is 10.3 Å². The molecule has 2 N–H and O–H groups in total. The van der Waals surface area contributed by atoms with Gasteiger partial charge in [-0.3, -0.25) is 0 Å². The van der Waals surface area contributed by atoms with Crippen LogP contribution in [-0.2, 0) is 0 Å². The van der Waals surface area contributed by atoms with Gasteiger partial charge in [-0.1, -0.05) is 5.16 Å². The van der Waals surface area contributed by atoms with Gasteiger partial charge in [-0.25, -0.2) is 13.2 Å². The highest BCUT2D eigenvalue weighted by molar-refractivity contribution is 5.73. The molecule has 1 aromatic heterocycles. The zero-order chi connectivity index (χ0) is 12.6. The zero-order valence-electron chi connectivity index (χ0n) is 8.88. The average molecular weight is 242 g/mol. The Bertz CT molecular complexity index is 552. The third kappa shape index (κ3) is 1.98. The van der Waals surface area contributed by atoms with Crippen LogP contribution in [0.25, 0.3) is 11.1 Å². The lowest BCUT2D eigenvalue weighted by molar-refractivity contribution is 0.371. The maximum Gasteiger partial charge on any atom is 0.230 e. The second kappa shape index (κ2) is 4.12. The van der Waals surface area contributed by atoms with Crippen molar-refractivity contribution in [3.05, 3.63) is 35.5 Å². The number of anilines is 1. The molecule has 17 heavy (non-hydrogen) atoms. The Balaban J connectivity index is 2.65. The Morgan fingerprint density at radius 3 is 2.53 bits per heavy atom. The van der Waals surface area contributed by atoms with Crippen LogP contribution >= 0.6 is 0 Å². The van der Waals surface area contributed by atoms with Crippen LogP contribution in [0.15, 0.2) is 22.9 Å². The van der Waals surface area contributed by atoms with E-state index in [2.05, 4.69) is 9.68 Å². The fourth-order valence-electron chi connectivity index (χ4n) is 1.49. The largest absolute Gasteiger partial charge is 0.367 e. The first-order chi connectivity index (χ1) is 8.00. The summed E-state index contributed by atoms with van der Waals surface area (Å²) < 4.78 is 44.5. The van der Waals surface area contributed by atoms with Crippen LogP contribution in [0.4, 0.5) is 19.1 Å². The van der Waals surface area contributed by atoms with E-state index in [-0.39, 0.29) is 22.6 Å². The Hall–Kier alpha value is -1.98. The van der Waals surface area contributed by atoms with Crippen molar-refractivity contribution >= 4 is 5.88 Å². The second-order valence-corrected chi connectivity index (χ2v) is 3.58. The molecule has 1 atom stereocenters. The highest BCUT2D eigenvalue weighted by atomic mass is 19.2. The number of halogens is 3. The van der Waals surface area contributed by atoms with E-state index in [0.29, 0.717) is 0 Å². The van der Waals surface area contributed by atoms with E-state index in [1.54, 1.807) is 0 Å². The Kier molecular flexibility index (Phi) is 2.79. The lowest BCUT2D eigenvalue weighted by atomic mass is 10.0. The molecule has 0 fully saturated rings. The molecule has 90 valence electrons. The standard InChI is InChI=1S/C11H9F3N2O/c1-5(12)6-2-7(10(14)9(13)3-6)8-4-16-17-11(8)15/h2-5H,15H2,1H3. The van der Waals surface area contributed by atoms with E-state index in [1.165, 1.54) is 13.0 Å². The molecule has 0 radical (unpaired) electrons. The molecule has 2 rings (SSSR count). The number of benzene rings is 1. The molecule has 1 heterocycles. The van der Waals surface area contributed by atoms with Crippen molar-refractivity contribution in [1.82, 2.24) is 5.16 Å². The van der Waals surface area contributed by atoms with Gasteiger partial charge >= 0.3 is 0 Å². The van der Waals surface area contributed by atoms with Crippen LogP contribution < -0.4 is 5.73 Å². The van der Waals surface area contributed by atoms with Crippen LogP contribution in [0.5, 0.6) is 0 Å². The number of nitrogens with two attached hydrogens (primary N) is 1. The molecule has 0 amide bonds. The Labute approximate surface area is 95.0 Å². The Morgan fingerprint density at radius 2 is 2.00 bits per heavy atom. The molecule has 3 nitrogen and oxygen atoms in total. The topological polar surface area (TPSA) is 52.0 Å². The van der Waals surface area contributed by atoms with Gasteiger partial charge in [-0.05, 0) is 24.6 Å². The fourth-order valence-corrected chi connectivity index (χ4v) is 1.49. The monoisotopic (exact) mass is 242 g/mol. The van der Waals surface area contributed by atoms with Gasteiger partial charge in [0, 0.05) is 5.56 Å². The number of hydrogen-bond acceptors (Lipinski definition) is 3. The van der Waals surface area contributed by atoms with Crippen LogP contribution in [-0.4, -0.2) is 5.16 Å². The molecule has 0 saturated heterocycles. The Morgan fingerprint density at radius 1 is 1.29 bits per heavy atom. The molecule has 0 bridgehead atoms. The first-order valence-corrected chi connectivity index (χ1v) is 4.84. The van der Waals surface area contributed by atoms with Crippen molar-refractivity contribution in [1.29, 1.82) is 0 Å². The number of hydrogen-bond donors (Lipinski definition) is 1. The normalized spacial score (nSPS) is 12.7. The number of aromatic nitrogens is 1. The van der Waals surface area contributed by atoms with Crippen molar-refractivity contribution in [2.45, 2.75) is 13.1 Å². The van der Waals surface area contributed by atoms with E-state index in [1.807, 2.05) is 0 Å². The van der Waals surface area contributed by atoms with Crippen molar-refractivity contribution in [3.8, 4) is 11.1 Å². The SMILES string of the molecule is CC(F)c1cc(F)c(F)c(-c2cnoc2N)c1. The van der Waals surface area contributed by atoms with E-state index in [4.69, 9.17) is 5.73 Å². The van der Waals surface area contributed by atoms with Crippen molar-refractivity contribution < 1.29 is 17.7 Å². The molecule has 0 aliphatic carbocycles. The molecular formula is C11H9F3N2O. The minimum absolute atomic E-state index is 0.0273. The molecule has 0 spiro atoms. The molecule has 1 aromatic carbocycles.